The number of benzene rings is 1. The molecule has 5 nitrogen and oxygen atoms in total. The lowest BCUT2D eigenvalue weighted by molar-refractivity contribution is -0.00923. The summed E-state index contributed by atoms with van der Waals surface area (Å²) in [5.41, 5.74) is 6.84. The van der Waals surface area contributed by atoms with Crippen LogP contribution in [0.15, 0.2) is 24.3 Å². The summed E-state index contributed by atoms with van der Waals surface area (Å²) in [6, 6.07) is 6.96. The van der Waals surface area contributed by atoms with Crippen molar-refractivity contribution in [3.05, 3.63) is 29.8 Å². The molecular formula is C15H23N3O2. The summed E-state index contributed by atoms with van der Waals surface area (Å²) in [4.78, 5) is 14.4. The minimum atomic E-state index is -0.0761. The molecule has 1 aliphatic heterocycles. The van der Waals surface area contributed by atoms with Crippen LogP contribution in [-0.4, -0.2) is 49.2 Å². The number of anilines is 1. The molecule has 1 aromatic rings. The second-order valence-corrected chi connectivity index (χ2v) is 5.72. The molecule has 1 amide bonds. The fourth-order valence-electron chi connectivity index (χ4n) is 2.31. The Labute approximate surface area is 120 Å². The van der Waals surface area contributed by atoms with Crippen molar-refractivity contribution < 1.29 is 9.53 Å². The Morgan fingerprint density at radius 1 is 1.30 bits per heavy atom. The molecule has 0 saturated carbocycles. The highest BCUT2D eigenvalue weighted by Crippen LogP contribution is 2.15. The number of ether oxygens (including phenoxy) is 1. The van der Waals surface area contributed by atoms with E-state index in [4.69, 9.17) is 10.5 Å². The zero-order chi connectivity index (χ0) is 14.6. The highest BCUT2D eigenvalue weighted by Gasteiger charge is 2.28. The Morgan fingerprint density at radius 2 is 1.90 bits per heavy atom. The number of nitrogens with two attached hydrogens (primary N) is 1. The van der Waals surface area contributed by atoms with Crippen LogP contribution in [0.2, 0.25) is 0 Å². The SMILES string of the molecule is CC(C)(CNC(=O)c1ccc(N)cc1)N1CCOCC1. The summed E-state index contributed by atoms with van der Waals surface area (Å²) in [5, 5.41) is 2.99. The van der Waals surface area contributed by atoms with Crippen molar-refractivity contribution in [1.29, 1.82) is 0 Å². The maximum Gasteiger partial charge on any atom is 0.251 e. The van der Waals surface area contributed by atoms with Crippen LogP contribution in [-0.2, 0) is 4.74 Å². The van der Waals surface area contributed by atoms with E-state index in [9.17, 15) is 4.79 Å². The van der Waals surface area contributed by atoms with E-state index in [1.54, 1.807) is 24.3 Å². The third kappa shape index (κ3) is 3.71. The molecule has 1 aromatic carbocycles. The van der Waals surface area contributed by atoms with Gasteiger partial charge in [0.25, 0.3) is 5.91 Å². The molecule has 0 aliphatic carbocycles. The van der Waals surface area contributed by atoms with Crippen LogP contribution in [0.1, 0.15) is 24.2 Å². The van der Waals surface area contributed by atoms with Gasteiger partial charge in [0.05, 0.1) is 13.2 Å². The van der Waals surface area contributed by atoms with Gasteiger partial charge in [-0.2, -0.15) is 0 Å². The molecule has 1 saturated heterocycles. The maximum absolute atomic E-state index is 12.1. The van der Waals surface area contributed by atoms with E-state index in [1.807, 2.05) is 0 Å². The standard InChI is InChI=1S/C15H23N3O2/c1-15(2,18-7-9-20-10-8-18)11-17-14(19)12-3-5-13(16)6-4-12/h3-6H,7-11,16H2,1-2H3,(H,17,19). The summed E-state index contributed by atoms with van der Waals surface area (Å²) < 4.78 is 5.36. The number of hydrogen-bond acceptors (Lipinski definition) is 4. The Hall–Kier alpha value is -1.59. The summed E-state index contributed by atoms with van der Waals surface area (Å²) in [7, 11) is 0. The van der Waals surface area contributed by atoms with Gasteiger partial charge in [0.2, 0.25) is 0 Å². The van der Waals surface area contributed by atoms with Crippen molar-refractivity contribution in [2.75, 3.05) is 38.6 Å². The van der Waals surface area contributed by atoms with E-state index in [2.05, 4.69) is 24.1 Å². The van der Waals surface area contributed by atoms with Gasteiger partial charge in [-0.25, -0.2) is 0 Å². The zero-order valence-electron chi connectivity index (χ0n) is 12.2. The number of rotatable bonds is 4. The van der Waals surface area contributed by atoms with Gasteiger partial charge < -0.3 is 15.8 Å². The van der Waals surface area contributed by atoms with Crippen LogP contribution in [0, 0.1) is 0 Å². The van der Waals surface area contributed by atoms with Crippen LogP contribution in [0.4, 0.5) is 5.69 Å². The number of carbonyl (C=O) groups is 1. The van der Waals surface area contributed by atoms with Crippen molar-refractivity contribution in [3.8, 4) is 0 Å². The van der Waals surface area contributed by atoms with E-state index in [1.165, 1.54) is 0 Å². The van der Waals surface area contributed by atoms with E-state index >= 15 is 0 Å². The lowest BCUT2D eigenvalue weighted by Gasteiger charge is -2.40. The average Bonchev–Trinajstić information content (AvgIpc) is 2.46. The lowest BCUT2D eigenvalue weighted by atomic mass is 10.0. The Bertz CT molecular complexity index is 451. The summed E-state index contributed by atoms with van der Waals surface area (Å²) in [6.45, 7) is 8.22. The summed E-state index contributed by atoms with van der Waals surface area (Å²) >= 11 is 0. The fourth-order valence-corrected chi connectivity index (χ4v) is 2.31. The zero-order valence-corrected chi connectivity index (χ0v) is 12.2. The number of hydrogen-bond donors (Lipinski definition) is 2. The van der Waals surface area contributed by atoms with Gasteiger partial charge in [0.1, 0.15) is 0 Å². The quantitative estimate of drug-likeness (QED) is 0.809. The molecule has 0 unspecified atom stereocenters. The predicted octanol–water partition coefficient (Wildman–Crippen LogP) is 1.11. The molecule has 0 bridgehead atoms. The van der Waals surface area contributed by atoms with Crippen molar-refractivity contribution >= 4 is 11.6 Å². The first kappa shape index (κ1) is 14.8. The van der Waals surface area contributed by atoms with E-state index < -0.39 is 0 Å². The molecule has 5 heteroatoms. The van der Waals surface area contributed by atoms with Gasteiger partial charge in [0.15, 0.2) is 0 Å². The second kappa shape index (κ2) is 6.24. The third-order valence-electron chi connectivity index (χ3n) is 3.72. The lowest BCUT2D eigenvalue weighted by Crippen LogP contribution is -2.55. The fraction of sp³-hybridized carbons (Fsp3) is 0.533. The third-order valence-corrected chi connectivity index (χ3v) is 3.72. The van der Waals surface area contributed by atoms with Crippen LogP contribution < -0.4 is 11.1 Å². The van der Waals surface area contributed by atoms with Gasteiger partial charge in [-0.05, 0) is 38.1 Å². The molecular weight excluding hydrogens is 254 g/mol. The average molecular weight is 277 g/mol. The maximum atomic E-state index is 12.1. The number of carbonyl (C=O) groups excluding carboxylic acids is 1. The Morgan fingerprint density at radius 3 is 2.50 bits per heavy atom. The molecule has 20 heavy (non-hydrogen) atoms. The van der Waals surface area contributed by atoms with Crippen LogP contribution in [0.5, 0.6) is 0 Å². The van der Waals surface area contributed by atoms with E-state index in [0.717, 1.165) is 26.3 Å². The number of morpholine rings is 1. The highest BCUT2D eigenvalue weighted by atomic mass is 16.5. The van der Waals surface area contributed by atoms with Crippen LogP contribution in [0.3, 0.4) is 0 Å². The molecule has 3 N–H and O–H groups in total. The van der Waals surface area contributed by atoms with Gasteiger partial charge in [-0.1, -0.05) is 0 Å². The number of nitrogen functional groups attached to an aromatic ring is 1. The topological polar surface area (TPSA) is 67.6 Å². The molecule has 1 heterocycles. The molecule has 1 fully saturated rings. The van der Waals surface area contributed by atoms with Crippen molar-refractivity contribution in [3.63, 3.8) is 0 Å². The minimum absolute atomic E-state index is 0.0636. The first-order valence-electron chi connectivity index (χ1n) is 6.95. The first-order chi connectivity index (χ1) is 9.49. The normalized spacial score (nSPS) is 16.9. The molecule has 0 radical (unpaired) electrons. The van der Waals surface area contributed by atoms with Gasteiger partial charge in [0, 0.05) is 36.4 Å². The van der Waals surface area contributed by atoms with E-state index in [-0.39, 0.29) is 11.4 Å². The van der Waals surface area contributed by atoms with Crippen molar-refractivity contribution in [2.45, 2.75) is 19.4 Å². The Balaban J connectivity index is 1.90. The van der Waals surface area contributed by atoms with Gasteiger partial charge in [-0.3, -0.25) is 9.69 Å². The molecule has 110 valence electrons. The summed E-state index contributed by atoms with van der Waals surface area (Å²) in [6.07, 6.45) is 0. The number of nitrogens with one attached hydrogen (secondary N) is 1. The van der Waals surface area contributed by atoms with Crippen LogP contribution in [0.25, 0.3) is 0 Å². The van der Waals surface area contributed by atoms with E-state index in [0.29, 0.717) is 17.8 Å². The molecule has 0 atom stereocenters. The molecule has 0 aromatic heterocycles. The summed E-state index contributed by atoms with van der Waals surface area (Å²) in [5.74, 6) is -0.0636. The highest BCUT2D eigenvalue weighted by molar-refractivity contribution is 5.94. The van der Waals surface area contributed by atoms with Crippen LogP contribution >= 0.6 is 0 Å². The molecule has 2 rings (SSSR count). The molecule has 1 aliphatic rings. The van der Waals surface area contributed by atoms with Crippen molar-refractivity contribution in [2.24, 2.45) is 0 Å². The predicted molar refractivity (Wildman–Crippen MR) is 79.7 cm³/mol. The smallest absolute Gasteiger partial charge is 0.251 e. The monoisotopic (exact) mass is 277 g/mol. The number of amides is 1. The minimum Gasteiger partial charge on any atom is -0.399 e. The van der Waals surface area contributed by atoms with Crippen molar-refractivity contribution in [1.82, 2.24) is 10.2 Å². The molecule has 0 spiro atoms. The largest absolute Gasteiger partial charge is 0.399 e. The van der Waals surface area contributed by atoms with Gasteiger partial charge >= 0.3 is 0 Å². The first-order valence-corrected chi connectivity index (χ1v) is 6.95. The van der Waals surface area contributed by atoms with Gasteiger partial charge in [-0.15, -0.1) is 0 Å². The Kier molecular flexibility index (Phi) is 4.62. The second-order valence-electron chi connectivity index (χ2n) is 5.72. The number of nitrogens with zero attached hydrogens (tertiary/aromatic N) is 1.